The van der Waals surface area contributed by atoms with Crippen LogP contribution >= 0.6 is 0 Å². The molecule has 6 heteroatoms. The number of nitrogens with zero attached hydrogens (tertiary/aromatic N) is 4. The molecule has 27 heavy (non-hydrogen) atoms. The number of aromatic nitrogens is 2. The second kappa shape index (κ2) is 8.23. The van der Waals surface area contributed by atoms with Crippen molar-refractivity contribution in [3.8, 4) is 0 Å². The van der Waals surface area contributed by atoms with Gasteiger partial charge in [0.2, 0.25) is 0 Å². The Morgan fingerprint density at radius 1 is 1.15 bits per heavy atom. The predicted octanol–water partition coefficient (Wildman–Crippen LogP) is 2.41. The van der Waals surface area contributed by atoms with Crippen LogP contribution in [-0.2, 0) is 17.8 Å². The van der Waals surface area contributed by atoms with Gasteiger partial charge in [-0.3, -0.25) is 14.4 Å². The number of benzene rings is 1. The molecule has 2 aliphatic rings. The van der Waals surface area contributed by atoms with Crippen molar-refractivity contribution in [3.63, 3.8) is 0 Å². The van der Waals surface area contributed by atoms with Crippen molar-refractivity contribution in [1.29, 1.82) is 0 Å². The maximum absolute atomic E-state index is 12.7. The average molecular weight is 368 g/mol. The topological polar surface area (TPSA) is 50.6 Å². The molecule has 6 nitrogen and oxygen atoms in total. The highest BCUT2D eigenvalue weighted by Gasteiger charge is 2.39. The second-order valence-electron chi connectivity index (χ2n) is 7.42. The molecule has 2 saturated heterocycles. The Balaban J connectivity index is 1.41. The van der Waals surface area contributed by atoms with E-state index in [9.17, 15) is 4.79 Å². The van der Waals surface area contributed by atoms with E-state index < -0.39 is 0 Å². The maximum Gasteiger partial charge on any atom is 0.274 e. The van der Waals surface area contributed by atoms with Crippen LogP contribution < -0.4 is 0 Å². The first-order valence-electron chi connectivity index (χ1n) is 9.94. The van der Waals surface area contributed by atoms with Gasteiger partial charge in [0.1, 0.15) is 5.69 Å². The highest BCUT2D eigenvalue weighted by atomic mass is 16.5. The molecule has 2 aromatic rings. The summed E-state index contributed by atoms with van der Waals surface area (Å²) in [5.74, 6) is 0.0464. The van der Waals surface area contributed by atoms with Gasteiger partial charge in [-0.25, -0.2) is 0 Å². The normalized spacial score (nSPS) is 18.7. The highest BCUT2D eigenvalue weighted by Crippen LogP contribution is 2.26. The molecule has 0 spiro atoms. The number of ether oxygens (including phenoxy) is 1. The Bertz CT molecular complexity index is 749. The second-order valence-corrected chi connectivity index (χ2v) is 7.42. The first kappa shape index (κ1) is 18.2. The number of likely N-dealkylation sites (tertiary alicyclic amines) is 1. The summed E-state index contributed by atoms with van der Waals surface area (Å²) in [4.78, 5) is 17.2. The molecule has 0 radical (unpaired) electrons. The first-order valence-corrected chi connectivity index (χ1v) is 9.94. The van der Waals surface area contributed by atoms with Gasteiger partial charge in [0, 0.05) is 57.7 Å². The lowest BCUT2D eigenvalue weighted by Crippen LogP contribution is -2.63. The van der Waals surface area contributed by atoms with E-state index in [1.807, 2.05) is 24.1 Å². The van der Waals surface area contributed by atoms with Crippen molar-refractivity contribution in [2.45, 2.75) is 44.9 Å². The number of carbonyl (C=O) groups is 1. The molecule has 0 saturated carbocycles. The molecule has 2 aliphatic heterocycles. The summed E-state index contributed by atoms with van der Waals surface area (Å²) in [5.41, 5.74) is 1.88. The van der Waals surface area contributed by atoms with Gasteiger partial charge >= 0.3 is 0 Å². The minimum atomic E-state index is 0.0464. The molecule has 144 valence electrons. The molecule has 0 aliphatic carbocycles. The van der Waals surface area contributed by atoms with E-state index in [-0.39, 0.29) is 5.91 Å². The van der Waals surface area contributed by atoms with Gasteiger partial charge in [-0.05, 0) is 31.4 Å². The number of aryl methyl sites for hydroxylation is 1. The Labute approximate surface area is 160 Å². The number of carbonyl (C=O) groups excluding carboxylic acids is 1. The minimum Gasteiger partial charge on any atom is -0.381 e. The van der Waals surface area contributed by atoms with Crippen molar-refractivity contribution < 1.29 is 9.53 Å². The van der Waals surface area contributed by atoms with Crippen LogP contribution in [0.4, 0.5) is 0 Å². The largest absolute Gasteiger partial charge is 0.381 e. The highest BCUT2D eigenvalue weighted by molar-refractivity contribution is 5.92. The van der Waals surface area contributed by atoms with Crippen molar-refractivity contribution in [2.24, 2.45) is 0 Å². The van der Waals surface area contributed by atoms with Crippen LogP contribution in [0.2, 0.25) is 0 Å². The van der Waals surface area contributed by atoms with Crippen LogP contribution in [0.15, 0.2) is 42.6 Å². The Kier molecular flexibility index (Phi) is 5.55. The lowest BCUT2D eigenvalue weighted by molar-refractivity contribution is -0.0291. The number of rotatable bonds is 6. The summed E-state index contributed by atoms with van der Waals surface area (Å²) in [6.07, 6.45) is 4.00. The number of hydrogen-bond acceptors (Lipinski definition) is 4. The van der Waals surface area contributed by atoms with Crippen LogP contribution in [0, 0.1) is 0 Å². The van der Waals surface area contributed by atoms with E-state index in [0.29, 0.717) is 17.8 Å². The van der Waals surface area contributed by atoms with E-state index in [4.69, 9.17) is 4.74 Å². The molecule has 2 fully saturated rings. The Morgan fingerprint density at radius 2 is 1.89 bits per heavy atom. The molecule has 1 aromatic heterocycles. The lowest BCUT2D eigenvalue weighted by Gasteiger charge is -2.49. The fourth-order valence-corrected chi connectivity index (χ4v) is 4.01. The molecular formula is C21H28N4O2. The van der Waals surface area contributed by atoms with E-state index in [1.54, 1.807) is 4.68 Å². The van der Waals surface area contributed by atoms with Gasteiger partial charge < -0.3 is 9.64 Å². The zero-order chi connectivity index (χ0) is 18.6. The minimum absolute atomic E-state index is 0.0464. The summed E-state index contributed by atoms with van der Waals surface area (Å²) in [6.45, 7) is 6.97. The van der Waals surface area contributed by atoms with E-state index in [1.165, 1.54) is 5.56 Å². The molecule has 3 heterocycles. The summed E-state index contributed by atoms with van der Waals surface area (Å²) < 4.78 is 7.36. The van der Waals surface area contributed by atoms with Gasteiger partial charge in [0.15, 0.2) is 0 Å². The molecule has 0 atom stereocenters. The zero-order valence-corrected chi connectivity index (χ0v) is 16.0. The van der Waals surface area contributed by atoms with Crippen LogP contribution in [-0.4, -0.2) is 63.9 Å². The first-order chi connectivity index (χ1) is 13.2. The van der Waals surface area contributed by atoms with Crippen molar-refractivity contribution in [3.05, 3.63) is 53.9 Å². The number of hydrogen-bond donors (Lipinski definition) is 0. The van der Waals surface area contributed by atoms with Crippen LogP contribution in [0.3, 0.4) is 0 Å². The smallest absolute Gasteiger partial charge is 0.274 e. The molecule has 0 bridgehead atoms. The maximum atomic E-state index is 12.7. The third-order valence-corrected chi connectivity index (χ3v) is 5.67. The van der Waals surface area contributed by atoms with Crippen molar-refractivity contribution >= 4 is 5.91 Å². The molecule has 4 rings (SSSR count). The SMILES string of the molecule is CCn1ccc(C(=O)N2CC(N(Cc3ccccc3)C3CCOCC3)C2)n1. The molecule has 1 aromatic carbocycles. The number of amides is 1. The molecular weight excluding hydrogens is 340 g/mol. The molecule has 0 N–H and O–H groups in total. The summed E-state index contributed by atoms with van der Waals surface area (Å²) in [5, 5.41) is 4.35. The zero-order valence-electron chi connectivity index (χ0n) is 16.0. The standard InChI is InChI=1S/C21H28N4O2/c1-2-24-11-8-20(22-24)21(26)23-15-19(16-23)25(18-9-12-27-13-10-18)14-17-6-4-3-5-7-17/h3-8,11,18-19H,2,9-10,12-16H2,1H3. The predicted molar refractivity (Wildman–Crippen MR) is 103 cm³/mol. The molecule has 1 amide bonds. The van der Waals surface area contributed by atoms with E-state index in [0.717, 1.165) is 52.2 Å². The van der Waals surface area contributed by atoms with E-state index in [2.05, 4.69) is 40.3 Å². The van der Waals surface area contributed by atoms with Crippen molar-refractivity contribution in [2.75, 3.05) is 26.3 Å². The average Bonchev–Trinajstić information content (AvgIpc) is 3.17. The van der Waals surface area contributed by atoms with Gasteiger partial charge in [-0.1, -0.05) is 30.3 Å². The van der Waals surface area contributed by atoms with Gasteiger partial charge in [-0.15, -0.1) is 0 Å². The summed E-state index contributed by atoms with van der Waals surface area (Å²) in [7, 11) is 0. The summed E-state index contributed by atoms with van der Waals surface area (Å²) >= 11 is 0. The third kappa shape index (κ3) is 4.06. The Morgan fingerprint density at radius 3 is 2.56 bits per heavy atom. The van der Waals surface area contributed by atoms with Gasteiger partial charge in [0.25, 0.3) is 5.91 Å². The van der Waals surface area contributed by atoms with Crippen LogP contribution in [0.25, 0.3) is 0 Å². The van der Waals surface area contributed by atoms with Crippen molar-refractivity contribution in [1.82, 2.24) is 19.6 Å². The quantitative estimate of drug-likeness (QED) is 0.786. The fraction of sp³-hybridized carbons (Fsp3) is 0.524. The fourth-order valence-electron chi connectivity index (χ4n) is 4.01. The third-order valence-electron chi connectivity index (χ3n) is 5.67. The van der Waals surface area contributed by atoms with Crippen LogP contribution in [0.5, 0.6) is 0 Å². The van der Waals surface area contributed by atoms with Crippen LogP contribution in [0.1, 0.15) is 35.8 Å². The van der Waals surface area contributed by atoms with Gasteiger partial charge in [-0.2, -0.15) is 5.10 Å². The van der Waals surface area contributed by atoms with E-state index >= 15 is 0 Å². The monoisotopic (exact) mass is 368 g/mol. The molecule has 0 unspecified atom stereocenters. The van der Waals surface area contributed by atoms with Gasteiger partial charge in [0.05, 0.1) is 0 Å². The lowest BCUT2D eigenvalue weighted by atomic mass is 9.98. The summed E-state index contributed by atoms with van der Waals surface area (Å²) in [6, 6.07) is 13.4. The Hall–Kier alpha value is -2.18.